The van der Waals surface area contributed by atoms with Gasteiger partial charge < -0.3 is 14.8 Å². The van der Waals surface area contributed by atoms with E-state index in [2.05, 4.69) is 227 Å². The fraction of sp³-hybridized carbons (Fsp3) is 0.0492. The zero-order valence-electron chi connectivity index (χ0n) is 36.1. The van der Waals surface area contributed by atoms with Gasteiger partial charge in [0.05, 0.1) is 16.7 Å². The predicted molar refractivity (Wildman–Crippen MR) is 281 cm³/mol. The Morgan fingerprint density at radius 1 is 0.492 bits per heavy atom. The van der Waals surface area contributed by atoms with Gasteiger partial charge in [0, 0.05) is 77.9 Å². The number of aromatic nitrogens is 1. The monoisotopic (exact) mass is 851 g/mol. The molecule has 0 saturated heterocycles. The van der Waals surface area contributed by atoms with Crippen molar-refractivity contribution in [2.45, 2.75) is 12.8 Å². The highest BCUT2D eigenvalue weighted by Crippen LogP contribution is 2.48. The van der Waals surface area contributed by atoms with Gasteiger partial charge in [-0.2, -0.15) is 0 Å². The van der Waals surface area contributed by atoms with Crippen LogP contribution in [0.5, 0.6) is 0 Å². The predicted octanol–water partition coefficient (Wildman–Crippen LogP) is 17.3. The van der Waals surface area contributed by atoms with Crippen LogP contribution in [0.3, 0.4) is 0 Å². The van der Waals surface area contributed by atoms with Crippen LogP contribution < -0.4 is 10.2 Å². The first-order valence-corrected chi connectivity index (χ1v) is 23.2. The van der Waals surface area contributed by atoms with Crippen LogP contribution in [0, 0.1) is 0 Å². The van der Waals surface area contributed by atoms with Crippen LogP contribution in [0.2, 0.25) is 0 Å². The fourth-order valence-electron chi connectivity index (χ4n) is 10.0. The summed E-state index contributed by atoms with van der Waals surface area (Å²) < 4.78 is 5.01. The van der Waals surface area contributed by atoms with Gasteiger partial charge in [-0.15, -0.1) is 11.3 Å². The number of rotatable bonds is 7. The summed E-state index contributed by atoms with van der Waals surface area (Å²) in [4.78, 5) is 2.37. The van der Waals surface area contributed by atoms with Crippen molar-refractivity contribution in [1.82, 2.24) is 4.57 Å². The molecule has 2 aromatic heterocycles. The van der Waals surface area contributed by atoms with E-state index in [9.17, 15) is 0 Å². The summed E-state index contributed by atoms with van der Waals surface area (Å²) in [5.74, 6) is 0. The van der Waals surface area contributed by atoms with Crippen LogP contribution in [-0.2, 0) is 0 Å². The second kappa shape index (κ2) is 16.0. The molecule has 310 valence electrons. The molecular formula is C61H45N3S. The lowest BCUT2D eigenvalue weighted by atomic mass is 9.94. The summed E-state index contributed by atoms with van der Waals surface area (Å²) >= 11 is 1.88. The largest absolute Gasteiger partial charge is 0.387 e. The molecule has 0 bridgehead atoms. The Kier molecular flexibility index (Phi) is 9.54. The zero-order valence-corrected chi connectivity index (χ0v) is 36.9. The van der Waals surface area contributed by atoms with Crippen molar-refractivity contribution in [2.24, 2.45) is 0 Å². The van der Waals surface area contributed by atoms with Crippen molar-refractivity contribution >= 4 is 76.0 Å². The molecule has 3 heterocycles. The van der Waals surface area contributed by atoms with E-state index in [1.54, 1.807) is 0 Å². The van der Waals surface area contributed by atoms with Crippen LogP contribution in [-0.4, -0.2) is 11.6 Å². The number of nitrogens with one attached hydrogen (secondary N) is 1. The molecule has 0 unspecified atom stereocenters. The van der Waals surface area contributed by atoms with Crippen molar-refractivity contribution < 1.29 is 0 Å². The van der Waals surface area contributed by atoms with Crippen molar-refractivity contribution in [3.8, 4) is 50.2 Å². The highest BCUT2D eigenvalue weighted by Gasteiger charge is 2.23. The van der Waals surface area contributed by atoms with Gasteiger partial charge in [-0.25, -0.2) is 0 Å². The Morgan fingerprint density at radius 2 is 1.11 bits per heavy atom. The number of fused-ring (bicyclic) bond motifs is 8. The second-order valence-electron chi connectivity index (χ2n) is 16.9. The average molecular weight is 852 g/mol. The summed E-state index contributed by atoms with van der Waals surface area (Å²) in [5, 5.41) is 8.56. The summed E-state index contributed by atoms with van der Waals surface area (Å²) in [5.41, 5.74) is 18.9. The van der Waals surface area contributed by atoms with Crippen LogP contribution in [0.25, 0.3) is 97.7 Å². The molecule has 0 spiro atoms. The van der Waals surface area contributed by atoms with E-state index >= 15 is 0 Å². The molecule has 1 aliphatic rings. The number of hydrogen-bond donors (Lipinski definition) is 1. The number of anilines is 3. The molecule has 0 saturated carbocycles. The molecule has 3 nitrogen and oxygen atoms in total. The number of para-hydroxylation sites is 1. The lowest BCUT2D eigenvalue weighted by Crippen LogP contribution is -2.12. The maximum atomic E-state index is 4.75. The summed E-state index contributed by atoms with van der Waals surface area (Å²) in [7, 11) is 2.02. The Hall–Kier alpha value is -7.92. The van der Waals surface area contributed by atoms with E-state index in [1.165, 1.54) is 92.1 Å². The number of hydrogen-bond acceptors (Lipinski definition) is 3. The third kappa shape index (κ3) is 6.65. The van der Waals surface area contributed by atoms with E-state index in [-0.39, 0.29) is 0 Å². The lowest BCUT2D eigenvalue weighted by Gasteiger charge is -2.27. The number of allylic oxidation sites excluding steroid dienone is 2. The molecule has 9 aromatic carbocycles. The molecule has 0 aliphatic carbocycles. The third-order valence-electron chi connectivity index (χ3n) is 13.2. The highest BCUT2D eigenvalue weighted by molar-refractivity contribution is 7.26. The number of nitrogens with zero attached hydrogens (tertiary/aromatic N) is 2. The first-order valence-electron chi connectivity index (χ1n) is 22.4. The number of benzene rings is 9. The molecule has 1 aliphatic heterocycles. The Labute approximate surface area is 383 Å². The lowest BCUT2D eigenvalue weighted by molar-refractivity contribution is 1.05. The minimum absolute atomic E-state index is 0.908. The molecular weight excluding hydrogens is 807 g/mol. The first kappa shape index (κ1) is 38.7. The minimum Gasteiger partial charge on any atom is -0.387 e. The molecule has 65 heavy (non-hydrogen) atoms. The number of thiophene rings is 1. The fourth-order valence-corrected chi connectivity index (χ4v) is 11.3. The van der Waals surface area contributed by atoms with Gasteiger partial charge >= 0.3 is 0 Å². The molecule has 0 fully saturated rings. The summed E-state index contributed by atoms with van der Waals surface area (Å²) in [6.45, 7) is 4.75. The van der Waals surface area contributed by atoms with Crippen molar-refractivity contribution in [3.63, 3.8) is 0 Å². The highest BCUT2D eigenvalue weighted by atomic mass is 32.1. The molecule has 4 heteroatoms. The summed E-state index contributed by atoms with van der Waals surface area (Å²) in [6.07, 6.45) is 6.38. The van der Waals surface area contributed by atoms with Crippen LogP contribution in [0.4, 0.5) is 17.1 Å². The van der Waals surface area contributed by atoms with Gasteiger partial charge in [-0.05, 0) is 112 Å². The molecule has 12 rings (SSSR count). The van der Waals surface area contributed by atoms with Crippen molar-refractivity contribution in [2.75, 3.05) is 17.3 Å². The first-order chi connectivity index (χ1) is 32.1. The Morgan fingerprint density at radius 3 is 1.77 bits per heavy atom. The van der Waals surface area contributed by atoms with E-state index in [1.807, 2.05) is 18.4 Å². The van der Waals surface area contributed by atoms with Crippen molar-refractivity contribution in [3.05, 3.63) is 225 Å². The smallest absolute Gasteiger partial charge is 0.0544 e. The van der Waals surface area contributed by atoms with Gasteiger partial charge in [-0.3, -0.25) is 0 Å². The third-order valence-corrected chi connectivity index (χ3v) is 14.4. The van der Waals surface area contributed by atoms with Crippen molar-refractivity contribution in [1.29, 1.82) is 0 Å². The Balaban J connectivity index is 0.992. The molecule has 11 aromatic rings. The van der Waals surface area contributed by atoms with Gasteiger partial charge in [0.1, 0.15) is 0 Å². The average Bonchev–Trinajstić information content (AvgIpc) is 3.90. The molecule has 0 atom stereocenters. The van der Waals surface area contributed by atoms with Crippen LogP contribution in [0.1, 0.15) is 18.4 Å². The van der Waals surface area contributed by atoms with Gasteiger partial charge in [-0.1, -0.05) is 152 Å². The molecule has 0 amide bonds. The van der Waals surface area contributed by atoms with Gasteiger partial charge in [0.25, 0.3) is 0 Å². The SMILES string of the molecule is C=C1CC/C=C\N(c2cccc(-c3cccc(-c4ccccc4)c3NC)c2)c2ccc3c(sc4ccc(-n5c6ccc(-c7ccccc7)cc6c6cc(-c7ccccc7)ccc65)cc43)c21. The van der Waals surface area contributed by atoms with E-state index in [0.29, 0.717) is 0 Å². The van der Waals surface area contributed by atoms with E-state index < -0.39 is 0 Å². The normalized spacial score (nSPS) is 13.3. The second-order valence-corrected chi connectivity index (χ2v) is 18.0. The van der Waals surface area contributed by atoms with Gasteiger partial charge in [0.2, 0.25) is 0 Å². The maximum absolute atomic E-state index is 4.75. The Bertz CT molecular complexity index is 3560. The van der Waals surface area contributed by atoms with Crippen LogP contribution >= 0.6 is 11.3 Å². The van der Waals surface area contributed by atoms with E-state index in [0.717, 1.165) is 41.2 Å². The van der Waals surface area contributed by atoms with E-state index in [4.69, 9.17) is 6.58 Å². The van der Waals surface area contributed by atoms with Gasteiger partial charge in [0.15, 0.2) is 0 Å². The topological polar surface area (TPSA) is 20.2 Å². The molecule has 1 N–H and O–H groups in total. The minimum atomic E-state index is 0.908. The molecule has 0 radical (unpaired) electrons. The maximum Gasteiger partial charge on any atom is 0.0544 e. The quantitative estimate of drug-likeness (QED) is 0.172. The van der Waals surface area contributed by atoms with Crippen LogP contribution in [0.15, 0.2) is 219 Å². The zero-order chi connectivity index (χ0) is 43.4. The summed E-state index contributed by atoms with van der Waals surface area (Å²) in [6, 6.07) is 73.1. The standard InChI is InChI=1S/C61H45N3S/c1-40-16-12-13-35-63(47-24-14-23-46(36-47)50-26-15-25-49(60(50)62-2)43-21-10-5-11-22-43)57-33-30-51-54-39-48(29-34-58(54)65-61(51)59(40)57)64-55-31-27-44(41-17-6-3-7-18-41)37-52(55)53-38-45(28-32-56(53)64)42-19-8-4-9-20-42/h3-11,13-15,17-39,62H,1,12,16H2,2H3/b35-13-.